The molecule has 0 saturated carbocycles. The average molecular weight is 354 g/mol. The zero-order chi connectivity index (χ0) is 17.8. The fraction of sp³-hybridized carbons (Fsp3) is 0.200. The maximum atomic E-state index is 13.3. The number of para-hydroxylation sites is 1. The summed E-state index contributed by atoms with van der Waals surface area (Å²) < 4.78 is 13.3. The van der Waals surface area contributed by atoms with Crippen LogP contribution < -0.4 is 5.32 Å². The van der Waals surface area contributed by atoms with E-state index in [-0.39, 0.29) is 18.3 Å². The van der Waals surface area contributed by atoms with Crippen molar-refractivity contribution in [3.8, 4) is 0 Å². The molecule has 1 aromatic heterocycles. The Hall–Kier alpha value is -2.40. The van der Waals surface area contributed by atoms with Gasteiger partial charge in [0.2, 0.25) is 0 Å². The molecule has 3 nitrogen and oxygen atoms in total. The normalized spacial score (nSPS) is 10.8. The van der Waals surface area contributed by atoms with Gasteiger partial charge in [0.1, 0.15) is 10.8 Å². The Kier molecular flexibility index (Phi) is 5.34. The van der Waals surface area contributed by atoms with Crippen molar-refractivity contribution >= 4 is 28.6 Å². The van der Waals surface area contributed by atoms with E-state index in [9.17, 15) is 9.18 Å². The lowest BCUT2D eigenvalue weighted by molar-refractivity contribution is 0.0947. The standard InChI is InChI=1S/C20H19FN2OS/c1-3-25-20-18(13(2)16-9-4-5-10-17(16)23-20)19(24)22-12-14-7-6-8-15(21)11-14/h4-11H,3,12H2,1-2H3,(H,22,24). The summed E-state index contributed by atoms with van der Waals surface area (Å²) in [7, 11) is 0. The van der Waals surface area contributed by atoms with Crippen molar-refractivity contribution in [3.05, 3.63) is 71.0 Å². The van der Waals surface area contributed by atoms with Crippen molar-refractivity contribution in [1.82, 2.24) is 10.3 Å². The number of nitrogens with one attached hydrogen (secondary N) is 1. The zero-order valence-electron chi connectivity index (χ0n) is 14.2. The van der Waals surface area contributed by atoms with E-state index in [1.54, 1.807) is 23.9 Å². The van der Waals surface area contributed by atoms with Crippen molar-refractivity contribution in [3.63, 3.8) is 0 Å². The molecule has 3 aromatic rings. The quantitative estimate of drug-likeness (QED) is 0.674. The Balaban J connectivity index is 1.94. The van der Waals surface area contributed by atoms with Crippen LogP contribution in [0, 0.1) is 12.7 Å². The molecular weight excluding hydrogens is 335 g/mol. The molecule has 0 fully saturated rings. The number of halogens is 1. The fourth-order valence-corrected chi connectivity index (χ4v) is 3.60. The highest BCUT2D eigenvalue weighted by atomic mass is 32.2. The minimum absolute atomic E-state index is 0.184. The van der Waals surface area contributed by atoms with Crippen LogP contribution in [0.4, 0.5) is 4.39 Å². The van der Waals surface area contributed by atoms with Crippen LogP contribution in [-0.2, 0) is 6.54 Å². The number of rotatable bonds is 5. The van der Waals surface area contributed by atoms with Crippen molar-refractivity contribution < 1.29 is 9.18 Å². The zero-order valence-corrected chi connectivity index (χ0v) is 15.0. The largest absolute Gasteiger partial charge is 0.348 e. The van der Waals surface area contributed by atoms with Gasteiger partial charge in [-0.15, -0.1) is 11.8 Å². The second-order valence-electron chi connectivity index (χ2n) is 5.68. The number of hydrogen-bond acceptors (Lipinski definition) is 3. The summed E-state index contributed by atoms with van der Waals surface area (Å²) in [6.45, 7) is 4.26. The first-order valence-electron chi connectivity index (χ1n) is 8.15. The molecule has 2 aromatic carbocycles. The van der Waals surface area contributed by atoms with Gasteiger partial charge in [0.15, 0.2) is 0 Å². The van der Waals surface area contributed by atoms with Crippen LogP contribution in [0.25, 0.3) is 10.9 Å². The maximum absolute atomic E-state index is 13.3. The van der Waals surface area contributed by atoms with Crippen molar-refractivity contribution in [1.29, 1.82) is 0 Å². The van der Waals surface area contributed by atoms with Crippen LogP contribution in [0.15, 0.2) is 53.6 Å². The summed E-state index contributed by atoms with van der Waals surface area (Å²) in [4.78, 5) is 17.5. The van der Waals surface area contributed by atoms with Gasteiger partial charge in [-0.3, -0.25) is 4.79 Å². The number of aryl methyl sites for hydroxylation is 1. The first kappa shape index (κ1) is 17.4. The molecule has 1 heterocycles. The number of hydrogen-bond donors (Lipinski definition) is 1. The van der Waals surface area contributed by atoms with E-state index in [4.69, 9.17) is 0 Å². The molecule has 0 aliphatic rings. The fourth-order valence-electron chi connectivity index (χ4n) is 2.77. The molecule has 0 radical (unpaired) electrons. The monoisotopic (exact) mass is 354 g/mol. The molecule has 0 saturated heterocycles. The summed E-state index contributed by atoms with van der Waals surface area (Å²) in [5.74, 6) is 0.336. The summed E-state index contributed by atoms with van der Waals surface area (Å²) in [6.07, 6.45) is 0. The van der Waals surface area contributed by atoms with Crippen LogP contribution in [0.1, 0.15) is 28.4 Å². The van der Waals surface area contributed by atoms with E-state index < -0.39 is 0 Å². The van der Waals surface area contributed by atoms with E-state index in [2.05, 4.69) is 10.3 Å². The van der Waals surface area contributed by atoms with Crippen LogP contribution >= 0.6 is 11.8 Å². The molecule has 0 aliphatic heterocycles. The number of aromatic nitrogens is 1. The molecule has 0 bridgehead atoms. The van der Waals surface area contributed by atoms with Gasteiger partial charge in [-0.05, 0) is 42.0 Å². The Morgan fingerprint density at radius 3 is 2.76 bits per heavy atom. The van der Waals surface area contributed by atoms with Crippen LogP contribution in [0.3, 0.4) is 0 Å². The number of carbonyl (C=O) groups excluding carboxylic acids is 1. The second-order valence-corrected chi connectivity index (χ2v) is 6.93. The Morgan fingerprint density at radius 2 is 2.00 bits per heavy atom. The lowest BCUT2D eigenvalue weighted by atomic mass is 10.0. The highest BCUT2D eigenvalue weighted by Gasteiger charge is 2.18. The highest BCUT2D eigenvalue weighted by molar-refractivity contribution is 7.99. The molecule has 1 amide bonds. The van der Waals surface area contributed by atoms with Gasteiger partial charge >= 0.3 is 0 Å². The topological polar surface area (TPSA) is 42.0 Å². The summed E-state index contributed by atoms with van der Waals surface area (Å²) >= 11 is 1.55. The summed E-state index contributed by atoms with van der Waals surface area (Å²) in [5, 5.41) is 4.59. The number of pyridine rings is 1. The molecule has 3 rings (SSSR count). The Bertz CT molecular complexity index is 927. The van der Waals surface area contributed by atoms with Crippen molar-refractivity contribution in [2.75, 3.05) is 5.75 Å². The lowest BCUT2D eigenvalue weighted by Crippen LogP contribution is -2.25. The molecular formula is C20H19FN2OS. The third-order valence-electron chi connectivity index (χ3n) is 3.97. The minimum Gasteiger partial charge on any atom is -0.348 e. The molecule has 0 spiro atoms. The maximum Gasteiger partial charge on any atom is 0.254 e. The SMILES string of the molecule is CCSc1nc2ccccc2c(C)c1C(=O)NCc1cccc(F)c1. The van der Waals surface area contributed by atoms with Gasteiger partial charge in [-0.1, -0.05) is 37.3 Å². The third-order valence-corrected chi connectivity index (χ3v) is 4.83. The number of benzene rings is 2. The molecule has 128 valence electrons. The third kappa shape index (κ3) is 3.82. The van der Waals surface area contributed by atoms with E-state index in [0.29, 0.717) is 5.56 Å². The van der Waals surface area contributed by atoms with Gasteiger partial charge in [-0.25, -0.2) is 9.37 Å². The molecule has 1 N–H and O–H groups in total. The number of fused-ring (bicyclic) bond motifs is 1. The number of nitrogens with zero attached hydrogens (tertiary/aromatic N) is 1. The number of thioether (sulfide) groups is 1. The van der Waals surface area contributed by atoms with E-state index in [1.807, 2.05) is 38.1 Å². The van der Waals surface area contributed by atoms with Crippen molar-refractivity contribution in [2.45, 2.75) is 25.4 Å². The predicted molar refractivity (Wildman–Crippen MR) is 100 cm³/mol. The second kappa shape index (κ2) is 7.66. The predicted octanol–water partition coefficient (Wildman–Crippen LogP) is 4.72. The average Bonchev–Trinajstić information content (AvgIpc) is 2.60. The Labute approximate surface area is 150 Å². The van der Waals surface area contributed by atoms with Gasteiger partial charge in [0, 0.05) is 11.9 Å². The summed E-state index contributed by atoms with van der Waals surface area (Å²) in [5.41, 5.74) is 3.13. The minimum atomic E-state index is -0.308. The molecule has 0 atom stereocenters. The van der Waals surface area contributed by atoms with Gasteiger partial charge in [0.05, 0.1) is 11.1 Å². The molecule has 5 heteroatoms. The van der Waals surface area contributed by atoms with Crippen LogP contribution in [0.2, 0.25) is 0 Å². The van der Waals surface area contributed by atoms with Crippen LogP contribution in [-0.4, -0.2) is 16.6 Å². The smallest absolute Gasteiger partial charge is 0.254 e. The first-order chi connectivity index (χ1) is 12.1. The number of amides is 1. The van der Waals surface area contributed by atoms with E-state index in [0.717, 1.165) is 32.8 Å². The van der Waals surface area contributed by atoms with E-state index >= 15 is 0 Å². The van der Waals surface area contributed by atoms with Crippen molar-refractivity contribution in [2.24, 2.45) is 0 Å². The Morgan fingerprint density at radius 1 is 1.20 bits per heavy atom. The summed E-state index contributed by atoms with van der Waals surface area (Å²) in [6, 6.07) is 14.1. The van der Waals surface area contributed by atoms with Crippen LogP contribution in [0.5, 0.6) is 0 Å². The molecule has 25 heavy (non-hydrogen) atoms. The van der Waals surface area contributed by atoms with Gasteiger partial charge < -0.3 is 5.32 Å². The highest BCUT2D eigenvalue weighted by Crippen LogP contribution is 2.29. The number of carbonyl (C=O) groups is 1. The first-order valence-corrected chi connectivity index (χ1v) is 9.13. The van der Waals surface area contributed by atoms with E-state index in [1.165, 1.54) is 12.1 Å². The molecule has 0 aliphatic carbocycles. The van der Waals surface area contributed by atoms with Gasteiger partial charge in [-0.2, -0.15) is 0 Å². The molecule has 0 unspecified atom stereocenters. The van der Waals surface area contributed by atoms with Gasteiger partial charge in [0.25, 0.3) is 5.91 Å². The lowest BCUT2D eigenvalue weighted by Gasteiger charge is -2.14.